The van der Waals surface area contributed by atoms with Gasteiger partial charge in [-0.05, 0) is 78.3 Å². The van der Waals surface area contributed by atoms with Gasteiger partial charge in [0.15, 0.2) is 11.5 Å². The average molecular weight is 1210 g/mol. The van der Waals surface area contributed by atoms with Crippen molar-refractivity contribution in [1.82, 2.24) is 48.5 Å². The van der Waals surface area contributed by atoms with Crippen molar-refractivity contribution in [3.8, 4) is 11.3 Å². The van der Waals surface area contributed by atoms with Gasteiger partial charge in [-0.3, -0.25) is 33.5 Å². The van der Waals surface area contributed by atoms with Gasteiger partial charge in [-0.2, -0.15) is 9.40 Å². The highest BCUT2D eigenvalue weighted by Crippen LogP contribution is 2.54. The summed E-state index contributed by atoms with van der Waals surface area (Å²) in [6, 6.07) is 16.8. The van der Waals surface area contributed by atoms with Gasteiger partial charge in [-0.1, -0.05) is 75.2 Å². The quantitative estimate of drug-likeness (QED) is 0.0623. The van der Waals surface area contributed by atoms with Gasteiger partial charge in [0.1, 0.15) is 19.0 Å². The number of carbonyl (C=O) groups excluding carboxylic acids is 4. The van der Waals surface area contributed by atoms with Crippen LogP contribution in [0.25, 0.3) is 16.9 Å². The van der Waals surface area contributed by atoms with Crippen LogP contribution in [-0.2, 0) is 38.7 Å². The third-order valence-corrected chi connectivity index (χ3v) is 18.7. The fourth-order valence-corrected chi connectivity index (χ4v) is 13.9. The Morgan fingerprint density at radius 2 is 1.51 bits per heavy atom. The number of carboxylic acid groups (broad SMARTS) is 1. The van der Waals surface area contributed by atoms with Gasteiger partial charge >= 0.3 is 5.97 Å². The minimum Gasteiger partial charge on any atom is -0.481 e. The molecule has 0 bridgehead atoms. The highest BCUT2D eigenvalue weighted by atomic mass is 35.5. The summed E-state index contributed by atoms with van der Waals surface area (Å²) in [4.78, 5) is 83.0. The highest BCUT2D eigenvalue weighted by Gasteiger charge is 2.55. The molecule has 6 aromatic rings. The number of ether oxygens (including phenoxy) is 2. The lowest BCUT2D eigenvalue weighted by atomic mass is 9.66. The van der Waals surface area contributed by atoms with Crippen molar-refractivity contribution >= 4 is 80.0 Å². The van der Waals surface area contributed by atoms with E-state index in [0.717, 1.165) is 35.4 Å². The van der Waals surface area contributed by atoms with E-state index in [0.29, 0.717) is 33.0 Å². The summed E-state index contributed by atoms with van der Waals surface area (Å²) in [6.45, 7) is 7.84. The first-order valence-electron chi connectivity index (χ1n) is 28.0. The monoisotopic (exact) mass is 1210 g/mol. The normalized spacial score (nSPS) is 20.3. The number of anilines is 2. The Balaban J connectivity index is 0.675. The van der Waals surface area contributed by atoms with E-state index in [-0.39, 0.29) is 114 Å². The van der Waals surface area contributed by atoms with Gasteiger partial charge in [-0.15, -0.1) is 0 Å². The van der Waals surface area contributed by atoms with Gasteiger partial charge in [0, 0.05) is 97.8 Å². The molecule has 1 aliphatic carbocycles. The zero-order chi connectivity index (χ0) is 59.7. The predicted molar refractivity (Wildman–Crippen MR) is 312 cm³/mol. The molecule has 0 radical (unpaired) electrons. The van der Waals surface area contributed by atoms with Gasteiger partial charge < -0.3 is 39.5 Å². The highest BCUT2D eigenvalue weighted by molar-refractivity contribution is 7.89. The van der Waals surface area contributed by atoms with Crippen LogP contribution in [0.3, 0.4) is 0 Å². The molecule has 1 saturated carbocycles. The van der Waals surface area contributed by atoms with Crippen LogP contribution < -0.4 is 5.32 Å². The largest absolute Gasteiger partial charge is 0.481 e. The molecule has 3 aromatic carbocycles. The molecule has 84 heavy (non-hydrogen) atoms. The molecule has 3 aliphatic heterocycles. The molecule has 446 valence electrons. The number of nitrogens with zero attached hydrogens (tertiary/aromatic N) is 9. The summed E-state index contributed by atoms with van der Waals surface area (Å²) >= 11 is 12.9. The number of hydrogen-bond acceptors (Lipinski definition) is 13. The van der Waals surface area contributed by atoms with E-state index in [4.69, 9.17) is 37.7 Å². The first kappa shape index (κ1) is 60.1. The number of carboxylic acids is 1. The minimum atomic E-state index is -4.10. The number of halogens is 3. The Labute approximate surface area is 496 Å². The van der Waals surface area contributed by atoms with Crippen LogP contribution in [0.4, 0.5) is 15.9 Å². The zero-order valence-electron chi connectivity index (χ0n) is 47.2. The number of hydrogen-bond donors (Lipinski definition) is 3. The molecule has 10 rings (SSSR count). The van der Waals surface area contributed by atoms with Gasteiger partial charge in [0.2, 0.25) is 27.7 Å². The number of H-pyrrole nitrogens is 1. The van der Waals surface area contributed by atoms with Crippen LogP contribution in [-0.4, -0.2) is 182 Å². The Hall–Kier alpha value is -7.02. The molecular weight excluding hydrogens is 1140 g/mol. The van der Waals surface area contributed by atoms with E-state index in [1.54, 1.807) is 76.6 Å². The average Bonchev–Trinajstić information content (AvgIpc) is 2.98. The molecular formula is C59H68Cl2FN11O10S. The molecule has 25 heteroatoms. The lowest BCUT2D eigenvalue weighted by Crippen LogP contribution is -2.62. The zero-order valence-corrected chi connectivity index (χ0v) is 49.5. The number of amides is 4. The van der Waals surface area contributed by atoms with E-state index in [2.05, 4.69) is 20.5 Å². The number of aromatic nitrogens is 5. The maximum absolute atomic E-state index is 15.7. The van der Waals surface area contributed by atoms with Crippen molar-refractivity contribution in [2.75, 3.05) is 89.9 Å². The Bertz CT molecular complexity index is 3530. The van der Waals surface area contributed by atoms with Crippen molar-refractivity contribution in [3.63, 3.8) is 0 Å². The SMILES string of the molecule is CC(C)(C)[C@@H](CS(=O)(=O)N1CCN(C(=O)COCCOCC(=O)N2CCN(C(=O)c3ccc(Nc4nc(C5CC5)cn5c(-c6cn[nH]c6)cnc45)c(F)c3)CC2)CC1)N1C(=O)[C@@](C)(CC(=O)O)C[C@H](c2cccc(Cl)c2)[C@H]1c1ccc(Cl)cc1. The number of aliphatic carboxylic acids is 1. The standard InChI is InChI=1S/C59H68Cl2FN11O10S/c1-58(2,3)49(73-53(38-10-13-42(60)14-11-38)44(39-6-5-7-43(61)26-39)28-59(4,57(73)79)29-52(76)77)36-84(80,81)71-22-20-69(21-23-71)51(75)35-83-25-24-82-34-50(74)68-16-18-70(19-17-68)56(78)40-12-15-46(45(62)27-40)66-54-55-63-32-48(41-30-64-65-31-41)72(55)33-47(67-54)37-8-9-37/h5-7,10-15,26-27,30-33,37,44,49,53H,8-9,16-25,28-29,34-36H2,1-4H3,(H,64,65)(H,66,67)(H,76,77)/t44-,49-,53-,59-/m1/s1. The lowest BCUT2D eigenvalue weighted by Gasteiger charge is -2.54. The molecule has 4 atom stereocenters. The van der Waals surface area contributed by atoms with Crippen LogP contribution in [0.1, 0.15) is 98.4 Å². The number of piperidine rings is 1. The lowest BCUT2D eigenvalue weighted by molar-refractivity contribution is -0.162. The van der Waals surface area contributed by atoms with Crippen LogP contribution in [0.5, 0.6) is 0 Å². The van der Waals surface area contributed by atoms with Crippen molar-refractivity contribution < 1.29 is 51.4 Å². The topological polar surface area (TPSA) is 245 Å². The molecule has 0 unspecified atom stereocenters. The first-order chi connectivity index (χ1) is 40.1. The van der Waals surface area contributed by atoms with E-state index < -0.39 is 68.7 Å². The fourth-order valence-electron chi connectivity index (χ4n) is 11.6. The van der Waals surface area contributed by atoms with Crippen molar-refractivity contribution in [3.05, 3.63) is 130 Å². The van der Waals surface area contributed by atoms with Gasteiger partial charge in [0.25, 0.3) is 5.91 Å². The number of aromatic amines is 1. The third kappa shape index (κ3) is 13.4. The molecule has 4 amide bonds. The Morgan fingerprint density at radius 3 is 2.11 bits per heavy atom. The molecule has 21 nitrogen and oxygen atoms in total. The number of piperazine rings is 2. The number of fused-ring (bicyclic) bond motifs is 1. The second-order valence-electron chi connectivity index (χ2n) is 23.4. The van der Waals surface area contributed by atoms with Crippen molar-refractivity contribution in [1.29, 1.82) is 0 Å². The molecule has 3 saturated heterocycles. The second-order valence-corrected chi connectivity index (χ2v) is 26.2. The fraction of sp³-hybridized carbons (Fsp3) is 0.458. The number of imidazole rings is 1. The number of rotatable bonds is 20. The van der Waals surface area contributed by atoms with E-state index in [9.17, 15) is 32.7 Å². The number of sulfonamides is 1. The van der Waals surface area contributed by atoms with Crippen molar-refractivity contribution in [2.45, 2.75) is 77.3 Å². The van der Waals surface area contributed by atoms with E-state index in [1.807, 2.05) is 49.6 Å². The molecule has 6 heterocycles. The predicted octanol–water partition coefficient (Wildman–Crippen LogP) is 7.63. The first-order valence-corrected chi connectivity index (χ1v) is 30.4. The summed E-state index contributed by atoms with van der Waals surface area (Å²) in [7, 11) is -4.10. The summed E-state index contributed by atoms with van der Waals surface area (Å²) in [5, 5.41) is 21.0. The summed E-state index contributed by atoms with van der Waals surface area (Å²) < 4.78 is 59.4. The number of nitrogens with one attached hydrogen (secondary N) is 2. The third-order valence-electron chi connectivity index (χ3n) is 16.3. The number of carbonyl (C=O) groups is 5. The van der Waals surface area contributed by atoms with Gasteiger partial charge in [0.05, 0.1) is 72.4 Å². The number of likely N-dealkylation sites (tertiary alicyclic amines) is 1. The minimum absolute atomic E-state index is 0.00139. The molecule has 4 fully saturated rings. The van der Waals surface area contributed by atoms with E-state index in [1.165, 1.54) is 21.3 Å². The van der Waals surface area contributed by atoms with Crippen LogP contribution in [0, 0.1) is 16.6 Å². The van der Waals surface area contributed by atoms with Crippen LogP contribution >= 0.6 is 23.2 Å². The Morgan fingerprint density at radius 1 is 0.857 bits per heavy atom. The maximum atomic E-state index is 15.7. The maximum Gasteiger partial charge on any atom is 0.304 e. The van der Waals surface area contributed by atoms with Crippen LogP contribution in [0.15, 0.2) is 91.5 Å². The molecule has 4 aliphatic rings. The summed E-state index contributed by atoms with van der Waals surface area (Å²) in [5.74, 6) is -3.51. The Kier molecular flexibility index (Phi) is 17.8. The summed E-state index contributed by atoms with van der Waals surface area (Å²) in [5.41, 5.74) is 2.57. The molecule has 3 aromatic heterocycles. The number of benzene rings is 3. The van der Waals surface area contributed by atoms with Gasteiger partial charge in [-0.25, -0.2) is 22.8 Å². The smallest absolute Gasteiger partial charge is 0.304 e. The molecule has 3 N–H and O–H groups in total. The van der Waals surface area contributed by atoms with Crippen molar-refractivity contribution in [2.24, 2.45) is 10.8 Å². The van der Waals surface area contributed by atoms with E-state index >= 15 is 9.18 Å². The molecule has 0 spiro atoms. The second kappa shape index (κ2) is 24.9. The van der Waals surface area contributed by atoms with Crippen LogP contribution in [0.2, 0.25) is 10.0 Å². The summed E-state index contributed by atoms with van der Waals surface area (Å²) in [6.07, 6.45) is 8.86.